The molecule has 0 radical (unpaired) electrons. The van der Waals surface area contributed by atoms with E-state index in [4.69, 9.17) is 10.6 Å². The van der Waals surface area contributed by atoms with Crippen molar-refractivity contribution >= 4 is 11.6 Å². The van der Waals surface area contributed by atoms with E-state index in [1.54, 1.807) is 12.0 Å². The summed E-state index contributed by atoms with van der Waals surface area (Å²) < 4.78 is 44.1. The Morgan fingerprint density at radius 1 is 1.43 bits per heavy atom. The number of nitrogens with one attached hydrogen (secondary N) is 1. The molecule has 2 rings (SSSR count). The van der Waals surface area contributed by atoms with Crippen LogP contribution in [0.15, 0.2) is 12.1 Å². The topological polar surface area (TPSA) is 63.4 Å². The third kappa shape index (κ3) is 3.56. The summed E-state index contributed by atoms with van der Waals surface area (Å²) in [4.78, 5) is 5.91. The lowest BCUT2D eigenvalue weighted by Gasteiger charge is -2.37. The third-order valence-corrected chi connectivity index (χ3v) is 3.80. The van der Waals surface area contributed by atoms with Gasteiger partial charge in [-0.05, 0) is 24.5 Å². The fourth-order valence-corrected chi connectivity index (χ4v) is 2.46. The van der Waals surface area contributed by atoms with Gasteiger partial charge in [-0.25, -0.2) is 10.8 Å². The van der Waals surface area contributed by atoms with Crippen LogP contribution in [0.5, 0.6) is 0 Å². The summed E-state index contributed by atoms with van der Waals surface area (Å²) in [7, 11) is 1.61. The first kappa shape index (κ1) is 15.8. The van der Waals surface area contributed by atoms with E-state index in [-0.39, 0.29) is 17.7 Å². The molecule has 1 aliphatic heterocycles. The van der Waals surface area contributed by atoms with E-state index in [0.29, 0.717) is 19.0 Å². The standard InChI is InChI=1S/C13H19F3N4O/c1-8-3-4-20(7-10(8)21-2)12-6-9(13(14,15)16)5-11(18-12)19-17/h5-6,8,10H,3-4,7,17H2,1-2H3,(H,18,19). The molecule has 3 N–H and O–H groups in total. The Labute approximate surface area is 121 Å². The largest absolute Gasteiger partial charge is 0.416 e. The number of piperidine rings is 1. The van der Waals surface area contributed by atoms with Gasteiger partial charge in [-0.15, -0.1) is 0 Å². The van der Waals surface area contributed by atoms with Crippen molar-refractivity contribution in [3.05, 3.63) is 17.7 Å². The molecule has 8 heteroatoms. The number of hydrogen-bond acceptors (Lipinski definition) is 5. The third-order valence-electron chi connectivity index (χ3n) is 3.80. The zero-order valence-corrected chi connectivity index (χ0v) is 11.9. The highest BCUT2D eigenvalue weighted by molar-refractivity contribution is 5.51. The summed E-state index contributed by atoms with van der Waals surface area (Å²) in [5, 5.41) is 0. The second kappa shape index (κ2) is 6.07. The van der Waals surface area contributed by atoms with E-state index in [9.17, 15) is 13.2 Å². The zero-order valence-electron chi connectivity index (χ0n) is 11.9. The summed E-state index contributed by atoms with van der Waals surface area (Å²) in [5.74, 6) is 5.83. The van der Waals surface area contributed by atoms with E-state index < -0.39 is 11.7 Å². The van der Waals surface area contributed by atoms with Gasteiger partial charge >= 0.3 is 6.18 Å². The van der Waals surface area contributed by atoms with Crippen LogP contribution in [0, 0.1) is 5.92 Å². The van der Waals surface area contributed by atoms with Gasteiger partial charge < -0.3 is 15.1 Å². The van der Waals surface area contributed by atoms with Crippen LogP contribution in [0.2, 0.25) is 0 Å². The molecule has 0 bridgehead atoms. The van der Waals surface area contributed by atoms with E-state index in [1.165, 1.54) is 0 Å². The number of nitrogens with two attached hydrogens (primary N) is 1. The molecule has 0 saturated carbocycles. The van der Waals surface area contributed by atoms with Crippen LogP contribution >= 0.6 is 0 Å². The van der Waals surface area contributed by atoms with Gasteiger partial charge in [-0.1, -0.05) is 6.92 Å². The molecule has 0 aromatic carbocycles. The summed E-state index contributed by atoms with van der Waals surface area (Å²) in [6, 6.07) is 1.94. The van der Waals surface area contributed by atoms with Gasteiger partial charge in [0.05, 0.1) is 11.7 Å². The first-order chi connectivity index (χ1) is 9.85. The van der Waals surface area contributed by atoms with Crippen molar-refractivity contribution in [3.63, 3.8) is 0 Å². The van der Waals surface area contributed by atoms with Crippen LogP contribution < -0.4 is 16.2 Å². The number of alkyl halides is 3. The number of pyridine rings is 1. The lowest BCUT2D eigenvalue weighted by molar-refractivity contribution is -0.137. The van der Waals surface area contributed by atoms with Gasteiger partial charge in [0.1, 0.15) is 11.6 Å². The number of nitrogens with zero attached hydrogens (tertiary/aromatic N) is 2. The molecule has 1 saturated heterocycles. The molecule has 118 valence electrons. The molecule has 5 nitrogen and oxygen atoms in total. The van der Waals surface area contributed by atoms with Crippen molar-refractivity contribution < 1.29 is 17.9 Å². The highest BCUT2D eigenvalue weighted by atomic mass is 19.4. The number of anilines is 2. The summed E-state index contributed by atoms with van der Waals surface area (Å²) >= 11 is 0. The number of halogens is 3. The minimum Gasteiger partial charge on any atom is -0.379 e. The van der Waals surface area contributed by atoms with Crippen LogP contribution in [0.4, 0.5) is 24.8 Å². The maximum atomic E-state index is 12.9. The van der Waals surface area contributed by atoms with Crippen LogP contribution in [-0.4, -0.2) is 31.3 Å². The fourth-order valence-electron chi connectivity index (χ4n) is 2.46. The Balaban J connectivity index is 2.30. The Bertz CT molecular complexity index is 495. The summed E-state index contributed by atoms with van der Waals surface area (Å²) in [5.41, 5.74) is 1.41. The molecule has 0 spiro atoms. The first-order valence-electron chi connectivity index (χ1n) is 6.68. The maximum Gasteiger partial charge on any atom is 0.416 e. The highest BCUT2D eigenvalue weighted by Gasteiger charge is 2.33. The lowest BCUT2D eigenvalue weighted by atomic mass is 9.96. The second-order valence-electron chi connectivity index (χ2n) is 5.23. The Kier molecular flexibility index (Phi) is 4.58. The van der Waals surface area contributed by atoms with Crippen LogP contribution in [0.25, 0.3) is 0 Å². The Morgan fingerprint density at radius 3 is 2.71 bits per heavy atom. The number of hydrogen-bond donors (Lipinski definition) is 2. The van der Waals surface area contributed by atoms with Crippen molar-refractivity contribution in [2.24, 2.45) is 11.8 Å². The fraction of sp³-hybridized carbons (Fsp3) is 0.615. The van der Waals surface area contributed by atoms with E-state index in [1.807, 2.05) is 0 Å². The second-order valence-corrected chi connectivity index (χ2v) is 5.23. The predicted octanol–water partition coefficient (Wildman–Crippen LogP) is 2.25. The molecule has 0 amide bonds. The first-order valence-corrected chi connectivity index (χ1v) is 6.68. The minimum absolute atomic E-state index is 0.00702. The number of methoxy groups -OCH3 is 1. The Morgan fingerprint density at radius 2 is 2.14 bits per heavy atom. The highest BCUT2D eigenvalue weighted by Crippen LogP contribution is 2.33. The van der Waals surface area contributed by atoms with Crippen molar-refractivity contribution in [1.29, 1.82) is 0 Å². The normalized spacial score (nSPS) is 23.2. The maximum absolute atomic E-state index is 12.9. The SMILES string of the molecule is COC1CN(c2cc(C(F)(F)F)cc(NN)n2)CCC1C. The Hall–Kier alpha value is -1.54. The molecule has 0 aliphatic carbocycles. The molecule has 1 aliphatic rings. The average Bonchev–Trinajstić information content (AvgIpc) is 2.46. The molecule has 2 unspecified atom stereocenters. The molecule has 21 heavy (non-hydrogen) atoms. The number of nitrogen functional groups attached to an aromatic ring is 1. The van der Waals surface area contributed by atoms with Crippen molar-refractivity contribution in [2.75, 3.05) is 30.5 Å². The summed E-state index contributed by atoms with van der Waals surface area (Å²) in [6.07, 6.45) is -3.63. The van der Waals surface area contributed by atoms with Gasteiger partial charge in [0.25, 0.3) is 0 Å². The molecule has 1 aromatic heterocycles. The lowest BCUT2D eigenvalue weighted by Crippen LogP contribution is -2.44. The monoisotopic (exact) mass is 304 g/mol. The van der Waals surface area contributed by atoms with E-state index >= 15 is 0 Å². The van der Waals surface area contributed by atoms with Gasteiger partial charge in [-0.2, -0.15) is 13.2 Å². The molecule has 1 fully saturated rings. The van der Waals surface area contributed by atoms with Crippen LogP contribution in [0.3, 0.4) is 0 Å². The van der Waals surface area contributed by atoms with Crippen molar-refractivity contribution in [1.82, 2.24) is 4.98 Å². The zero-order chi connectivity index (χ0) is 15.6. The molecule has 2 atom stereocenters. The number of aromatic nitrogens is 1. The van der Waals surface area contributed by atoms with Crippen LogP contribution in [0.1, 0.15) is 18.9 Å². The van der Waals surface area contributed by atoms with Crippen molar-refractivity contribution in [2.45, 2.75) is 25.6 Å². The molecular weight excluding hydrogens is 285 g/mol. The van der Waals surface area contributed by atoms with Gasteiger partial charge in [0, 0.05) is 20.2 Å². The number of ether oxygens (including phenoxy) is 1. The van der Waals surface area contributed by atoms with Gasteiger partial charge in [0.2, 0.25) is 0 Å². The van der Waals surface area contributed by atoms with E-state index in [2.05, 4.69) is 17.3 Å². The van der Waals surface area contributed by atoms with Gasteiger partial charge in [0.15, 0.2) is 0 Å². The average molecular weight is 304 g/mol. The minimum atomic E-state index is -4.44. The number of hydrazine groups is 1. The molecule has 2 heterocycles. The van der Waals surface area contributed by atoms with Crippen LogP contribution in [-0.2, 0) is 10.9 Å². The predicted molar refractivity (Wildman–Crippen MR) is 73.8 cm³/mol. The smallest absolute Gasteiger partial charge is 0.379 e. The molecule has 1 aromatic rings. The quantitative estimate of drug-likeness (QED) is 0.662. The summed E-state index contributed by atoms with van der Waals surface area (Å²) in [6.45, 7) is 3.22. The molecular formula is C13H19F3N4O. The van der Waals surface area contributed by atoms with Gasteiger partial charge in [-0.3, -0.25) is 0 Å². The number of rotatable bonds is 3. The van der Waals surface area contributed by atoms with E-state index in [0.717, 1.165) is 18.6 Å². The van der Waals surface area contributed by atoms with Crippen molar-refractivity contribution in [3.8, 4) is 0 Å².